The van der Waals surface area contributed by atoms with Crippen LogP contribution in [0.2, 0.25) is 5.02 Å². The molecule has 2 heterocycles. The lowest BCUT2D eigenvalue weighted by molar-refractivity contribution is 0.102. The van der Waals surface area contributed by atoms with Crippen LogP contribution < -0.4 is 5.32 Å². The van der Waals surface area contributed by atoms with E-state index < -0.39 is 0 Å². The van der Waals surface area contributed by atoms with Crippen LogP contribution in [0.5, 0.6) is 0 Å². The average molecular weight is 361 g/mol. The van der Waals surface area contributed by atoms with Crippen molar-refractivity contribution in [1.29, 1.82) is 0 Å². The molecule has 0 radical (unpaired) electrons. The molecular formula is C16H13ClN4O2S. The number of hydrogen-bond acceptors (Lipinski definition) is 6. The normalized spacial score (nSPS) is 13.9. The molecular weight excluding hydrogens is 348 g/mol. The van der Waals surface area contributed by atoms with Crippen LogP contribution in [0.4, 0.5) is 5.13 Å². The van der Waals surface area contributed by atoms with E-state index in [9.17, 15) is 4.79 Å². The third-order valence-electron chi connectivity index (χ3n) is 3.81. The molecule has 1 aliphatic rings. The predicted octanol–water partition coefficient (Wildman–Crippen LogP) is 4.28. The summed E-state index contributed by atoms with van der Waals surface area (Å²) >= 11 is 7.62. The monoisotopic (exact) mass is 360 g/mol. The second-order valence-corrected chi connectivity index (χ2v) is 7.03. The summed E-state index contributed by atoms with van der Waals surface area (Å²) in [4.78, 5) is 12.7. The Labute approximate surface area is 146 Å². The number of hydrogen-bond donors (Lipinski definition) is 1. The molecule has 4 rings (SSSR count). The van der Waals surface area contributed by atoms with Crippen molar-refractivity contribution in [3.05, 3.63) is 45.6 Å². The third kappa shape index (κ3) is 2.81. The number of anilines is 1. The van der Waals surface area contributed by atoms with Gasteiger partial charge in [-0.15, -0.1) is 10.2 Å². The van der Waals surface area contributed by atoms with Gasteiger partial charge in [0.25, 0.3) is 5.91 Å². The molecule has 0 spiro atoms. The Bertz CT molecular complexity index is 916. The lowest BCUT2D eigenvalue weighted by atomic mass is 10.1. The van der Waals surface area contributed by atoms with Crippen molar-refractivity contribution >= 4 is 34.0 Å². The van der Waals surface area contributed by atoms with Crippen molar-refractivity contribution in [2.45, 2.75) is 25.7 Å². The van der Waals surface area contributed by atoms with Gasteiger partial charge in [0.1, 0.15) is 22.0 Å². The Balaban J connectivity index is 1.64. The summed E-state index contributed by atoms with van der Waals surface area (Å²) in [5.74, 6) is 0.598. The average Bonchev–Trinajstić information content (AvgIpc) is 3.20. The van der Waals surface area contributed by atoms with Gasteiger partial charge in [0.05, 0.1) is 5.02 Å². The Morgan fingerprint density at radius 3 is 2.88 bits per heavy atom. The lowest BCUT2D eigenvalue weighted by Crippen LogP contribution is -2.13. The third-order valence-corrected chi connectivity index (χ3v) is 5.14. The number of amides is 1. The SMILES string of the molecule is Cc1onc(-c2ccccc2Cl)c1C(=O)Nc1nnc(C2CC2)s1. The van der Waals surface area contributed by atoms with E-state index in [1.54, 1.807) is 19.1 Å². The molecule has 0 saturated heterocycles. The Hall–Kier alpha value is -2.25. The van der Waals surface area contributed by atoms with Crippen LogP contribution in [-0.4, -0.2) is 21.3 Å². The van der Waals surface area contributed by atoms with Crippen LogP contribution in [0.1, 0.15) is 39.9 Å². The molecule has 0 aliphatic heterocycles. The molecule has 1 saturated carbocycles. The predicted molar refractivity (Wildman–Crippen MR) is 91.5 cm³/mol. The second kappa shape index (κ2) is 5.99. The van der Waals surface area contributed by atoms with Crippen LogP contribution >= 0.6 is 22.9 Å². The fourth-order valence-electron chi connectivity index (χ4n) is 2.42. The summed E-state index contributed by atoms with van der Waals surface area (Å²) in [5.41, 5.74) is 1.42. The van der Waals surface area contributed by atoms with E-state index in [0.717, 1.165) is 17.8 Å². The maximum atomic E-state index is 12.7. The van der Waals surface area contributed by atoms with E-state index in [1.807, 2.05) is 12.1 Å². The van der Waals surface area contributed by atoms with Crippen LogP contribution in [0.15, 0.2) is 28.8 Å². The lowest BCUT2D eigenvalue weighted by Gasteiger charge is -2.04. The second-order valence-electron chi connectivity index (χ2n) is 5.62. The molecule has 0 atom stereocenters. The molecule has 2 aromatic heterocycles. The van der Waals surface area contributed by atoms with E-state index in [0.29, 0.717) is 38.7 Å². The molecule has 3 aromatic rings. The van der Waals surface area contributed by atoms with Gasteiger partial charge < -0.3 is 4.52 Å². The van der Waals surface area contributed by atoms with Crippen molar-refractivity contribution in [2.24, 2.45) is 0 Å². The van der Waals surface area contributed by atoms with Gasteiger partial charge in [-0.05, 0) is 25.8 Å². The van der Waals surface area contributed by atoms with Gasteiger partial charge in [0.2, 0.25) is 5.13 Å². The highest BCUT2D eigenvalue weighted by atomic mass is 35.5. The van der Waals surface area contributed by atoms with Crippen molar-refractivity contribution in [2.75, 3.05) is 5.32 Å². The first-order valence-electron chi connectivity index (χ1n) is 7.49. The zero-order valence-corrected chi connectivity index (χ0v) is 14.3. The molecule has 1 amide bonds. The molecule has 8 heteroatoms. The molecule has 24 heavy (non-hydrogen) atoms. The summed E-state index contributed by atoms with van der Waals surface area (Å²) in [6, 6.07) is 7.19. The van der Waals surface area contributed by atoms with Gasteiger partial charge in [0, 0.05) is 11.5 Å². The van der Waals surface area contributed by atoms with Gasteiger partial charge in [-0.25, -0.2) is 0 Å². The minimum Gasteiger partial charge on any atom is -0.360 e. The molecule has 1 aliphatic carbocycles. The van der Waals surface area contributed by atoms with Gasteiger partial charge in [0.15, 0.2) is 0 Å². The standard InChI is InChI=1S/C16H13ClN4O2S/c1-8-12(13(21-23-8)10-4-2-3-5-11(10)17)14(22)18-16-20-19-15(24-16)9-6-7-9/h2-5,9H,6-7H2,1H3,(H,18,20,22). The highest BCUT2D eigenvalue weighted by Gasteiger charge is 2.28. The van der Waals surface area contributed by atoms with Gasteiger partial charge in [-0.2, -0.15) is 0 Å². The summed E-state index contributed by atoms with van der Waals surface area (Å²) in [6.07, 6.45) is 2.29. The van der Waals surface area contributed by atoms with Crippen molar-refractivity contribution in [3.63, 3.8) is 0 Å². The van der Waals surface area contributed by atoms with Gasteiger partial charge in [-0.1, -0.05) is 46.3 Å². The number of aromatic nitrogens is 3. The van der Waals surface area contributed by atoms with E-state index in [-0.39, 0.29) is 5.91 Å². The zero-order valence-electron chi connectivity index (χ0n) is 12.7. The van der Waals surface area contributed by atoms with Crippen LogP contribution in [-0.2, 0) is 0 Å². The number of nitrogens with zero attached hydrogens (tertiary/aromatic N) is 3. The van der Waals surface area contributed by atoms with Gasteiger partial charge >= 0.3 is 0 Å². The number of aryl methyl sites for hydroxylation is 1. The number of nitrogens with one attached hydrogen (secondary N) is 1. The minimum absolute atomic E-state index is 0.331. The molecule has 1 N–H and O–H groups in total. The number of benzene rings is 1. The number of halogens is 1. The first-order valence-corrected chi connectivity index (χ1v) is 8.69. The first kappa shape index (κ1) is 15.3. The first-order chi connectivity index (χ1) is 11.6. The van der Waals surface area contributed by atoms with E-state index in [1.165, 1.54) is 11.3 Å². The van der Waals surface area contributed by atoms with Crippen LogP contribution in [0.3, 0.4) is 0 Å². The molecule has 6 nitrogen and oxygen atoms in total. The van der Waals surface area contributed by atoms with Crippen LogP contribution in [0, 0.1) is 6.92 Å². The highest BCUT2D eigenvalue weighted by Crippen LogP contribution is 2.42. The molecule has 1 aromatic carbocycles. The molecule has 0 unspecified atom stereocenters. The fourth-order valence-corrected chi connectivity index (χ4v) is 3.55. The Morgan fingerprint density at radius 2 is 2.12 bits per heavy atom. The summed E-state index contributed by atoms with van der Waals surface area (Å²) in [5, 5.41) is 16.9. The number of carbonyl (C=O) groups is 1. The maximum Gasteiger partial charge on any atom is 0.263 e. The molecule has 1 fully saturated rings. The van der Waals surface area contributed by atoms with E-state index in [2.05, 4.69) is 20.7 Å². The summed E-state index contributed by atoms with van der Waals surface area (Å²) < 4.78 is 5.22. The van der Waals surface area contributed by atoms with E-state index >= 15 is 0 Å². The highest BCUT2D eigenvalue weighted by molar-refractivity contribution is 7.15. The topological polar surface area (TPSA) is 80.9 Å². The number of carbonyl (C=O) groups excluding carboxylic acids is 1. The van der Waals surface area contributed by atoms with Crippen LogP contribution in [0.25, 0.3) is 11.3 Å². The Kier molecular flexibility index (Phi) is 3.82. The van der Waals surface area contributed by atoms with Crippen molar-refractivity contribution < 1.29 is 9.32 Å². The van der Waals surface area contributed by atoms with Crippen molar-refractivity contribution in [1.82, 2.24) is 15.4 Å². The largest absolute Gasteiger partial charge is 0.360 e. The summed E-state index contributed by atoms with van der Waals surface area (Å²) in [6.45, 7) is 1.69. The van der Waals surface area contributed by atoms with E-state index in [4.69, 9.17) is 16.1 Å². The smallest absolute Gasteiger partial charge is 0.263 e. The maximum absolute atomic E-state index is 12.7. The van der Waals surface area contributed by atoms with Crippen molar-refractivity contribution in [3.8, 4) is 11.3 Å². The summed E-state index contributed by atoms with van der Waals surface area (Å²) in [7, 11) is 0. The molecule has 0 bridgehead atoms. The zero-order chi connectivity index (χ0) is 16.7. The van der Waals surface area contributed by atoms with Gasteiger partial charge in [-0.3, -0.25) is 10.1 Å². The number of rotatable bonds is 4. The fraction of sp³-hybridized carbons (Fsp3) is 0.250. The minimum atomic E-state index is -0.331. The quantitative estimate of drug-likeness (QED) is 0.750. The Morgan fingerprint density at radius 1 is 1.33 bits per heavy atom. The molecule has 122 valence electrons.